The number of carbonyl (C=O) groups is 2. The number of amides is 2. The van der Waals surface area contributed by atoms with E-state index in [0.717, 1.165) is 5.56 Å². The molecule has 3 rings (SSSR count). The predicted octanol–water partition coefficient (Wildman–Crippen LogP) is 1.93. The number of benzene rings is 2. The molecule has 0 atom stereocenters. The van der Waals surface area contributed by atoms with Gasteiger partial charge in [0.1, 0.15) is 6.61 Å². The van der Waals surface area contributed by atoms with Crippen LogP contribution in [0.5, 0.6) is 0 Å². The lowest BCUT2D eigenvalue weighted by Gasteiger charge is -2.13. The second-order valence-corrected chi connectivity index (χ2v) is 6.99. The summed E-state index contributed by atoms with van der Waals surface area (Å²) in [5.41, 5.74) is 1.43. The van der Waals surface area contributed by atoms with Gasteiger partial charge in [-0.15, -0.1) is 5.06 Å². The number of hydrogen-bond acceptors (Lipinski definition) is 6. The minimum atomic E-state index is -3.92. The average molecular weight is 361 g/mol. The van der Waals surface area contributed by atoms with E-state index in [1.54, 1.807) is 24.3 Å². The van der Waals surface area contributed by atoms with E-state index in [2.05, 4.69) is 0 Å². The van der Waals surface area contributed by atoms with Crippen LogP contribution in [0.1, 0.15) is 26.3 Å². The molecule has 0 bridgehead atoms. The van der Waals surface area contributed by atoms with E-state index in [9.17, 15) is 18.0 Å². The molecular weight excluding hydrogens is 346 g/mol. The first-order valence-corrected chi connectivity index (χ1v) is 8.88. The van der Waals surface area contributed by atoms with Crippen molar-refractivity contribution < 1.29 is 27.0 Å². The van der Waals surface area contributed by atoms with Crippen LogP contribution >= 0.6 is 0 Å². The summed E-state index contributed by atoms with van der Waals surface area (Å²) in [5, 5.41) is 0.618. The minimum absolute atomic E-state index is 0.0267. The molecule has 0 unspecified atom stereocenters. The molecule has 7 nitrogen and oxygen atoms in total. The van der Waals surface area contributed by atoms with E-state index < -0.39 is 21.9 Å². The Morgan fingerprint density at radius 3 is 2.00 bits per heavy atom. The minimum Gasteiger partial charge on any atom is -0.266 e. The van der Waals surface area contributed by atoms with Crippen molar-refractivity contribution >= 4 is 21.9 Å². The largest absolute Gasteiger partial charge is 0.297 e. The van der Waals surface area contributed by atoms with E-state index in [0.29, 0.717) is 5.06 Å². The Morgan fingerprint density at radius 2 is 1.44 bits per heavy atom. The molecule has 0 saturated heterocycles. The smallest absolute Gasteiger partial charge is 0.266 e. The molecule has 8 heteroatoms. The number of imide groups is 1. The lowest BCUT2D eigenvalue weighted by molar-refractivity contribution is -0.0972. The van der Waals surface area contributed by atoms with Gasteiger partial charge in [-0.1, -0.05) is 29.8 Å². The summed E-state index contributed by atoms with van der Waals surface area (Å²) in [5.74, 6) is -1.16. The second kappa shape index (κ2) is 6.75. The van der Waals surface area contributed by atoms with Crippen molar-refractivity contribution in [2.45, 2.75) is 11.8 Å². The Balaban J connectivity index is 1.57. The quantitative estimate of drug-likeness (QED) is 0.444. The van der Waals surface area contributed by atoms with Gasteiger partial charge in [0.15, 0.2) is 0 Å². The van der Waals surface area contributed by atoms with Crippen LogP contribution in [0.15, 0.2) is 53.4 Å². The maximum absolute atomic E-state index is 12.1. The molecule has 0 N–H and O–H groups in total. The molecule has 1 aliphatic rings. The van der Waals surface area contributed by atoms with Crippen molar-refractivity contribution in [1.29, 1.82) is 0 Å². The summed E-state index contributed by atoms with van der Waals surface area (Å²) in [6.07, 6.45) is 0. The topological polar surface area (TPSA) is 90.0 Å². The van der Waals surface area contributed by atoms with Crippen LogP contribution in [-0.2, 0) is 19.1 Å². The Labute approximate surface area is 144 Å². The third-order valence-electron chi connectivity index (χ3n) is 3.61. The molecule has 1 aliphatic heterocycles. The first-order chi connectivity index (χ1) is 11.9. The van der Waals surface area contributed by atoms with Gasteiger partial charge in [-0.3, -0.25) is 18.6 Å². The maximum atomic E-state index is 12.1. The molecule has 25 heavy (non-hydrogen) atoms. The summed E-state index contributed by atoms with van der Waals surface area (Å²) in [6, 6.07) is 12.5. The molecule has 0 aromatic heterocycles. The lowest BCUT2D eigenvalue weighted by atomic mass is 10.1. The Morgan fingerprint density at radius 1 is 0.880 bits per heavy atom. The van der Waals surface area contributed by atoms with Crippen LogP contribution in [0.2, 0.25) is 0 Å². The van der Waals surface area contributed by atoms with Gasteiger partial charge < -0.3 is 0 Å². The summed E-state index contributed by atoms with van der Waals surface area (Å²) in [4.78, 5) is 29.3. The normalized spacial score (nSPS) is 14.0. The van der Waals surface area contributed by atoms with Crippen LogP contribution in [0.3, 0.4) is 0 Å². The predicted molar refractivity (Wildman–Crippen MR) is 87.2 cm³/mol. The van der Waals surface area contributed by atoms with Crippen molar-refractivity contribution in [3.05, 3.63) is 65.2 Å². The SMILES string of the molecule is Cc1ccc(S(=O)(=O)OCCON2C(=O)c3ccccc3C2=O)cc1. The maximum Gasteiger partial charge on any atom is 0.297 e. The van der Waals surface area contributed by atoms with Crippen molar-refractivity contribution in [3.8, 4) is 0 Å². The first-order valence-electron chi connectivity index (χ1n) is 7.47. The van der Waals surface area contributed by atoms with Crippen LogP contribution < -0.4 is 0 Å². The van der Waals surface area contributed by atoms with Crippen LogP contribution in [0.25, 0.3) is 0 Å². The molecule has 2 amide bonds. The van der Waals surface area contributed by atoms with Crippen molar-refractivity contribution in [1.82, 2.24) is 5.06 Å². The van der Waals surface area contributed by atoms with Gasteiger partial charge in [0, 0.05) is 0 Å². The van der Waals surface area contributed by atoms with E-state index in [-0.39, 0.29) is 29.2 Å². The zero-order valence-electron chi connectivity index (χ0n) is 13.3. The fourth-order valence-electron chi connectivity index (χ4n) is 2.33. The molecule has 0 radical (unpaired) electrons. The van der Waals surface area contributed by atoms with Crippen molar-refractivity contribution in [3.63, 3.8) is 0 Å². The van der Waals surface area contributed by atoms with Crippen LogP contribution in [-0.4, -0.2) is 38.5 Å². The highest BCUT2D eigenvalue weighted by Crippen LogP contribution is 2.22. The number of carbonyl (C=O) groups excluding carboxylic acids is 2. The molecule has 2 aromatic carbocycles. The van der Waals surface area contributed by atoms with Gasteiger partial charge >= 0.3 is 0 Å². The Hall–Kier alpha value is -2.55. The van der Waals surface area contributed by atoms with Crippen LogP contribution in [0, 0.1) is 6.92 Å². The van der Waals surface area contributed by atoms with Gasteiger partial charge in [0.05, 0.1) is 22.6 Å². The molecule has 130 valence electrons. The highest BCUT2D eigenvalue weighted by atomic mass is 32.2. The fraction of sp³-hybridized carbons (Fsp3) is 0.176. The monoisotopic (exact) mass is 361 g/mol. The zero-order valence-corrected chi connectivity index (χ0v) is 14.2. The highest BCUT2D eigenvalue weighted by Gasteiger charge is 2.36. The first kappa shape index (κ1) is 17.3. The number of aryl methyl sites for hydroxylation is 1. The fourth-order valence-corrected chi connectivity index (χ4v) is 3.22. The van der Waals surface area contributed by atoms with Gasteiger partial charge in [0.2, 0.25) is 0 Å². The van der Waals surface area contributed by atoms with Crippen molar-refractivity contribution in [2.75, 3.05) is 13.2 Å². The summed E-state index contributed by atoms with van der Waals surface area (Å²) in [6.45, 7) is 1.24. The number of fused-ring (bicyclic) bond motifs is 1. The molecular formula is C17H15NO6S. The molecule has 2 aromatic rings. The molecule has 0 aliphatic carbocycles. The molecule has 1 heterocycles. The summed E-state index contributed by atoms with van der Waals surface area (Å²) < 4.78 is 28.9. The van der Waals surface area contributed by atoms with Crippen LogP contribution in [0.4, 0.5) is 0 Å². The van der Waals surface area contributed by atoms with E-state index in [4.69, 9.17) is 9.02 Å². The summed E-state index contributed by atoms with van der Waals surface area (Å²) in [7, 11) is -3.92. The average Bonchev–Trinajstić information content (AvgIpc) is 2.84. The third-order valence-corrected chi connectivity index (χ3v) is 4.94. The number of hydroxylamine groups is 2. The third kappa shape index (κ3) is 3.46. The van der Waals surface area contributed by atoms with Gasteiger partial charge in [-0.25, -0.2) is 0 Å². The molecule has 0 spiro atoms. The Bertz CT molecular complexity index is 885. The molecule has 0 saturated carbocycles. The van der Waals surface area contributed by atoms with Gasteiger partial charge in [-0.2, -0.15) is 8.42 Å². The standard InChI is InChI=1S/C17H15NO6S/c1-12-6-8-13(9-7-12)25(21,22)24-11-10-23-18-16(19)14-4-2-3-5-15(14)17(18)20/h2-9H,10-11H2,1H3. The second-order valence-electron chi connectivity index (χ2n) is 5.37. The number of rotatable bonds is 6. The summed E-state index contributed by atoms with van der Waals surface area (Å²) >= 11 is 0. The molecule has 0 fully saturated rings. The number of nitrogens with zero attached hydrogens (tertiary/aromatic N) is 1. The van der Waals surface area contributed by atoms with Crippen molar-refractivity contribution in [2.24, 2.45) is 0 Å². The highest BCUT2D eigenvalue weighted by molar-refractivity contribution is 7.86. The zero-order chi connectivity index (χ0) is 18.0. The lowest BCUT2D eigenvalue weighted by Crippen LogP contribution is -2.31. The van der Waals surface area contributed by atoms with E-state index in [1.165, 1.54) is 24.3 Å². The van der Waals surface area contributed by atoms with E-state index >= 15 is 0 Å². The van der Waals surface area contributed by atoms with E-state index in [1.807, 2.05) is 6.92 Å². The van der Waals surface area contributed by atoms with Gasteiger partial charge in [0.25, 0.3) is 21.9 Å². The van der Waals surface area contributed by atoms with Gasteiger partial charge in [-0.05, 0) is 31.2 Å². The Kier molecular flexibility index (Phi) is 4.67. The number of hydrogen-bond donors (Lipinski definition) is 0.